The molecule has 19 heteroatoms. The average molecular weight is 952 g/mol. The fraction of sp³-hybridized carbons (Fsp3) is 0.327. The number of nitrogens with zero attached hydrogens (tertiary/aromatic N) is 15. The van der Waals surface area contributed by atoms with Crippen molar-refractivity contribution in [1.82, 2.24) is 73.1 Å². The molecule has 0 spiro atoms. The van der Waals surface area contributed by atoms with Gasteiger partial charge >= 0.3 is 17.5 Å². The number of aryl methyl sites for hydroxylation is 4. The predicted octanol–water partition coefficient (Wildman–Crippen LogP) is 7.79. The molecule has 1 aliphatic carbocycles. The maximum atomic E-state index is 13.5. The predicted molar refractivity (Wildman–Crippen MR) is 270 cm³/mol. The van der Waals surface area contributed by atoms with Crippen LogP contribution in [0.2, 0.25) is 0 Å². The second-order valence-electron chi connectivity index (χ2n) is 19.6. The van der Waals surface area contributed by atoms with Crippen LogP contribution in [0.5, 0.6) is 0 Å². The SMILES string of the molecule is Cn1cc(-c2ccc(-c3ccc4ncc5c(c4c3)n(C3CCCC3)c(=O)n5C)cn2)nn1.Cn1cc(-c2ccc(-c3ccc4ncc5c(c4c3)n([C@H]3CCN(C(=O)OC(C)(C)C)C3)c(=O)n5C)cn2)nn1. The Morgan fingerprint density at radius 3 is 1.49 bits per heavy atom. The minimum Gasteiger partial charge on any atom is -0.444 e. The summed E-state index contributed by atoms with van der Waals surface area (Å²) in [5.74, 6) is 0. The van der Waals surface area contributed by atoms with E-state index in [1.807, 2.05) is 124 Å². The fourth-order valence-electron chi connectivity index (χ4n) is 10.1. The van der Waals surface area contributed by atoms with E-state index < -0.39 is 5.60 Å². The molecule has 1 aliphatic heterocycles. The Labute approximate surface area is 407 Å². The van der Waals surface area contributed by atoms with Gasteiger partial charge < -0.3 is 9.64 Å². The first-order valence-electron chi connectivity index (χ1n) is 23.8. The van der Waals surface area contributed by atoms with Gasteiger partial charge in [-0.15, -0.1) is 10.2 Å². The van der Waals surface area contributed by atoms with Crippen molar-refractivity contribution in [2.45, 2.75) is 70.6 Å². The van der Waals surface area contributed by atoms with Gasteiger partial charge in [0, 0.05) is 81.6 Å². The lowest BCUT2D eigenvalue weighted by Crippen LogP contribution is -2.36. The Balaban J connectivity index is 0.000000157. The molecule has 0 radical (unpaired) electrons. The van der Waals surface area contributed by atoms with E-state index in [2.05, 4.69) is 58.8 Å². The first-order valence-corrected chi connectivity index (χ1v) is 23.8. The molecule has 0 N–H and O–H groups in total. The number of ether oxygens (including phenoxy) is 1. The van der Waals surface area contributed by atoms with Crippen molar-refractivity contribution >= 4 is 50.0 Å². The van der Waals surface area contributed by atoms with Gasteiger partial charge in [-0.2, -0.15) is 0 Å². The Morgan fingerprint density at radius 1 is 0.577 bits per heavy atom. The molecule has 8 aromatic heterocycles. The molecule has 1 saturated heterocycles. The number of hydrogen-bond acceptors (Lipinski definition) is 12. The van der Waals surface area contributed by atoms with Crippen LogP contribution >= 0.6 is 0 Å². The van der Waals surface area contributed by atoms with Gasteiger partial charge in [0.2, 0.25) is 0 Å². The maximum absolute atomic E-state index is 13.5. The third kappa shape index (κ3) is 8.29. The summed E-state index contributed by atoms with van der Waals surface area (Å²) in [7, 11) is 7.25. The summed E-state index contributed by atoms with van der Waals surface area (Å²) in [4.78, 5) is 59.5. The molecule has 1 atom stereocenters. The number of carbonyl (C=O) groups excluding carboxylic acids is 1. The molecule has 0 bridgehead atoms. The van der Waals surface area contributed by atoms with Crippen LogP contribution in [0.4, 0.5) is 4.79 Å². The molecule has 2 aromatic carbocycles. The zero-order valence-electron chi connectivity index (χ0n) is 40.7. The molecule has 71 heavy (non-hydrogen) atoms. The molecule has 1 saturated carbocycles. The monoisotopic (exact) mass is 951 g/mol. The van der Waals surface area contributed by atoms with Gasteiger partial charge in [-0.1, -0.05) is 47.5 Å². The maximum Gasteiger partial charge on any atom is 0.410 e. The van der Waals surface area contributed by atoms with Crippen LogP contribution in [0.15, 0.2) is 107 Å². The molecule has 1 amide bonds. The van der Waals surface area contributed by atoms with Crippen molar-refractivity contribution in [3.8, 4) is 45.0 Å². The van der Waals surface area contributed by atoms with Crippen molar-refractivity contribution < 1.29 is 9.53 Å². The van der Waals surface area contributed by atoms with E-state index in [1.165, 1.54) is 12.8 Å². The highest BCUT2D eigenvalue weighted by molar-refractivity contribution is 6.05. The number of benzene rings is 2. The van der Waals surface area contributed by atoms with Crippen LogP contribution in [0, 0.1) is 0 Å². The topological polar surface area (TPSA) is 196 Å². The van der Waals surface area contributed by atoms with Crippen molar-refractivity contribution in [3.05, 3.63) is 119 Å². The Morgan fingerprint density at radius 2 is 1.06 bits per heavy atom. The largest absolute Gasteiger partial charge is 0.444 e. The summed E-state index contributed by atoms with van der Waals surface area (Å²) in [6.07, 6.45) is 15.7. The highest BCUT2D eigenvalue weighted by atomic mass is 16.6. The van der Waals surface area contributed by atoms with Gasteiger partial charge in [-0.25, -0.2) is 14.4 Å². The van der Waals surface area contributed by atoms with Crippen LogP contribution in [0.3, 0.4) is 0 Å². The van der Waals surface area contributed by atoms with Gasteiger partial charge in [0.15, 0.2) is 0 Å². The van der Waals surface area contributed by atoms with Crippen LogP contribution < -0.4 is 11.4 Å². The quantitative estimate of drug-likeness (QED) is 0.157. The normalized spacial score (nSPS) is 15.4. The summed E-state index contributed by atoms with van der Waals surface area (Å²) in [6.45, 7) is 6.49. The van der Waals surface area contributed by atoms with E-state index in [0.29, 0.717) is 25.2 Å². The molecular formula is C52H53N15O4. The van der Waals surface area contributed by atoms with Crippen LogP contribution in [0.1, 0.15) is 65.0 Å². The number of rotatable bonds is 6. The van der Waals surface area contributed by atoms with Crippen molar-refractivity contribution in [3.63, 3.8) is 0 Å². The number of imidazole rings is 2. The lowest BCUT2D eigenvalue weighted by Gasteiger charge is -2.24. The molecule has 360 valence electrons. The van der Waals surface area contributed by atoms with Gasteiger partial charge in [0.1, 0.15) is 17.0 Å². The third-order valence-corrected chi connectivity index (χ3v) is 13.6. The van der Waals surface area contributed by atoms with Gasteiger partial charge in [-0.3, -0.25) is 47.6 Å². The Hall–Kier alpha value is -8.35. The van der Waals surface area contributed by atoms with Crippen LogP contribution in [-0.2, 0) is 32.9 Å². The van der Waals surface area contributed by atoms with Gasteiger partial charge in [0.05, 0.1) is 75.3 Å². The summed E-state index contributed by atoms with van der Waals surface area (Å²) in [6, 6.07) is 20.2. The fourth-order valence-corrected chi connectivity index (χ4v) is 10.1. The van der Waals surface area contributed by atoms with Gasteiger partial charge in [0.25, 0.3) is 0 Å². The Kier molecular flexibility index (Phi) is 11.2. The van der Waals surface area contributed by atoms with Crippen molar-refractivity contribution in [2.24, 2.45) is 28.2 Å². The first kappa shape index (κ1) is 45.1. The van der Waals surface area contributed by atoms with E-state index in [-0.39, 0.29) is 29.6 Å². The van der Waals surface area contributed by atoms with Crippen LogP contribution in [0.25, 0.3) is 88.9 Å². The summed E-state index contributed by atoms with van der Waals surface area (Å²) < 4.78 is 16.1. The van der Waals surface area contributed by atoms with E-state index in [9.17, 15) is 14.4 Å². The van der Waals surface area contributed by atoms with Gasteiger partial charge in [-0.05, 0) is 87.6 Å². The first-order chi connectivity index (χ1) is 34.2. The molecular weight excluding hydrogens is 899 g/mol. The minimum atomic E-state index is -0.578. The molecule has 12 rings (SSSR count). The standard InChI is InChI=1S/C28H30N8O3.C24H23N7O/c1-28(2,3)39-27(38)35-11-10-19(15-35)36-25-20-12-17(6-8-21(20)30-14-24(25)34(5)26(36)37)18-7-9-22(29-13-18)23-16-33(4)32-31-23;1-29-14-21(27-28-29)20-10-8-16(12-25-20)15-7-9-19-18(11-15)23-22(13-26-19)30(2)24(32)31(23)17-5-3-4-6-17/h6-9,12-14,16,19H,10-11,15H2,1-5H3;7-14,17H,3-6H2,1-2H3/t19-;/m0./s1. The van der Waals surface area contributed by atoms with Crippen LogP contribution in [-0.4, -0.2) is 97.9 Å². The van der Waals surface area contributed by atoms with Crippen molar-refractivity contribution in [2.75, 3.05) is 13.1 Å². The second kappa shape index (κ2) is 17.6. The zero-order valence-corrected chi connectivity index (χ0v) is 40.7. The lowest BCUT2D eigenvalue weighted by molar-refractivity contribution is 0.0289. The lowest BCUT2D eigenvalue weighted by atomic mass is 10.0. The average Bonchev–Trinajstić information content (AvgIpc) is 4.26. The summed E-state index contributed by atoms with van der Waals surface area (Å²) in [5, 5.41) is 18.1. The zero-order chi connectivity index (χ0) is 49.3. The van der Waals surface area contributed by atoms with E-state index in [4.69, 9.17) is 4.74 Å². The number of carbonyl (C=O) groups is 1. The highest BCUT2D eigenvalue weighted by Gasteiger charge is 2.33. The highest BCUT2D eigenvalue weighted by Crippen LogP contribution is 2.36. The molecule has 10 aromatic rings. The molecule has 0 unspecified atom stereocenters. The summed E-state index contributed by atoms with van der Waals surface area (Å²) >= 11 is 0. The van der Waals surface area contributed by atoms with E-state index >= 15 is 0 Å². The molecule has 9 heterocycles. The molecule has 2 aliphatic rings. The summed E-state index contributed by atoms with van der Waals surface area (Å²) in [5.41, 5.74) is 11.3. The third-order valence-electron chi connectivity index (χ3n) is 13.6. The number of likely N-dealkylation sites (tertiary alicyclic amines) is 1. The number of aromatic nitrogens is 14. The molecule has 19 nitrogen and oxygen atoms in total. The number of amides is 1. The smallest absolute Gasteiger partial charge is 0.410 e. The second-order valence-corrected chi connectivity index (χ2v) is 19.6. The van der Waals surface area contributed by atoms with Crippen molar-refractivity contribution in [1.29, 1.82) is 0 Å². The number of hydrogen-bond donors (Lipinski definition) is 0. The Bertz CT molecular complexity index is 3790. The molecule has 2 fully saturated rings. The minimum absolute atomic E-state index is 0.0431. The van der Waals surface area contributed by atoms with E-state index in [0.717, 1.165) is 96.0 Å². The number of fused-ring (bicyclic) bond motifs is 6. The number of pyridine rings is 4. The van der Waals surface area contributed by atoms with E-state index in [1.54, 1.807) is 36.6 Å².